The lowest BCUT2D eigenvalue weighted by molar-refractivity contribution is -0.132. The summed E-state index contributed by atoms with van der Waals surface area (Å²) in [5, 5.41) is 3.30. The van der Waals surface area contributed by atoms with Crippen molar-refractivity contribution < 1.29 is 9.53 Å². The second-order valence-electron chi connectivity index (χ2n) is 8.30. The number of nitrogens with zero attached hydrogens (tertiary/aromatic N) is 3. The van der Waals surface area contributed by atoms with Crippen molar-refractivity contribution in [3.8, 4) is 5.88 Å². The molecule has 0 radical (unpaired) electrons. The van der Waals surface area contributed by atoms with E-state index in [1.54, 1.807) is 6.20 Å². The van der Waals surface area contributed by atoms with E-state index < -0.39 is 0 Å². The lowest BCUT2D eigenvalue weighted by atomic mass is 10.0. The van der Waals surface area contributed by atoms with Crippen molar-refractivity contribution in [2.75, 3.05) is 18.5 Å². The largest absolute Gasteiger partial charge is 0.471 e. The van der Waals surface area contributed by atoms with Crippen molar-refractivity contribution in [2.24, 2.45) is 11.8 Å². The molecule has 2 aromatic heterocycles. The quantitative estimate of drug-likeness (QED) is 0.442. The second-order valence-corrected chi connectivity index (χ2v) is 8.30. The average Bonchev–Trinajstić information content (AvgIpc) is 2.76. The third kappa shape index (κ3) is 6.18. The average molecular weight is 425 g/mol. The third-order valence-electron chi connectivity index (χ3n) is 5.25. The minimum absolute atomic E-state index is 0.206. The van der Waals surface area contributed by atoms with Gasteiger partial charge >= 0.3 is 0 Å². The van der Waals surface area contributed by atoms with Crippen LogP contribution in [0.5, 0.6) is 5.88 Å². The maximum atomic E-state index is 12.4. The summed E-state index contributed by atoms with van der Waals surface area (Å²) in [5.41, 5.74) is 8.27. The zero-order chi connectivity index (χ0) is 22.4. The van der Waals surface area contributed by atoms with E-state index in [1.165, 1.54) is 5.56 Å². The van der Waals surface area contributed by atoms with Crippen molar-refractivity contribution in [3.63, 3.8) is 0 Å². The summed E-state index contributed by atoms with van der Waals surface area (Å²) in [6, 6.07) is 5.86. The highest BCUT2D eigenvalue weighted by molar-refractivity contribution is 5.76. The molecule has 3 heterocycles. The smallest absolute Gasteiger partial charge is 0.223 e. The molecule has 8 nitrogen and oxygen atoms in total. The Hall–Kier alpha value is -3.13. The highest BCUT2D eigenvalue weighted by atomic mass is 16.5. The van der Waals surface area contributed by atoms with Gasteiger partial charge < -0.3 is 20.4 Å². The van der Waals surface area contributed by atoms with Crippen molar-refractivity contribution in [2.45, 2.75) is 47.1 Å². The number of carbonyl (C=O) groups excluding carboxylic acids is 1. The van der Waals surface area contributed by atoms with Crippen LogP contribution in [0, 0.1) is 12.8 Å². The molecule has 0 saturated carbocycles. The predicted molar refractivity (Wildman–Crippen MR) is 121 cm³/mol. The first-order valence-corrected chi connectivity index (χ1v) is 10.6. The van der Waals surface area contributed by atoms with Gasteiger partial charge in [0.25, 0.3) is 0 Å². The highest BCUT2D eigenvalue weighted by Gasteiger charge is 2.22. The van der Waals surface area contributed by atoms with Gasteiger partial charge in [0.1, 0.15) is 6.61 Å². The van der Waals surface area contributed by atoms with Crippen LogP contribution in [0.3, 0.4) is 0 Å². The molecule has 31 heavy (non-hydrogen) atoms. The molecule has 0 aliphatic carbocycles. The lowest BCUT2D eigenvalue weighted by Crippen LogP contribution is -2.36. The number of fused-ring (bicyclic) bond motifs is 1. The molecular formula is C23H32N6O2. The van der Waals surface area contributed by atoms with Crippen LogP contribution >= 0.6 is 0 Å². The van der Waals surface area contributed by atoms with E-state index in [1.807, 2.05) is 43.1 Å². The maximum Gasteiger partial charge on any atom is 0.223 e. The third-order valence-corrected chi connectivity index (χ3v) is 5.25. The maximum absolute atomic E-state index is 12.4. The van der Waals surface area contributed by atoms with E-state index >= 15 is 0 Å². The van der Waals surface area contributed by atoms with Crippen molar-refractivity contribution in [3.05, 3.63) is 58.8 Å². The fraction of sp³-hybridized carbons (Fsp3) is 0.435. The number of hydrazine groups is 1. The summed E-state index contributed by atoms with van der Waals surface area (Å²) < 4.78 is 5.95. The molecule has 8 heteroatoms. The van der Waals surface area contributed by atoms with Gasteiger partial charge in [-0.15, -0.1) is 0 Å². The Kier molecular flexibility index (Phi) is 7.46. The lowest BCUT2D eigenvalue weighted by Gasteiger charge is -2.29. The highest BCUT2D eigenvalue weighted by Crippen LogP contribution is 2.23. The molecule has 0 fully saturated rings. The van der Waals surface area contributed by atoms with Crippen molar-refractivity contribution >= 4 is 11.6 Å². The first-order valence-electron chi connectivity index (χ1n) is 10.6. The van der Waals surface area contributed by atoms with Crippen LogP contribution in [0.4, 0.5) is 5.69 Å². The van der Waals surface area contributed by atoms with E-state index in [0.717, 1.165) is 41.3 Å². The number of anilines is 1. The molecule has 4 N–H and O–H groups in total. The molecular weight excluding hydrogens is 392 g/mol. The molecule has 0 unspecified atom stereocenters. The summed E-state index contributed by atoms with van der Waals surface area (Å²) in [6.45, 7) is 9.55. The summed E-state index contributed by atoms with van der Waals surface area (Å²) in [7, 11) is 0. The molecule has 0 aromatic carbocycles. The Morgan fingerprint density at radius 1 is 1.26 bits per heavy atom. The van der Waals surface area contributed by atoms with E-state index in [2.05, 4.69) is 34.6 Å². The standard InChI is InChI=1S/C23H32N6O2/c1-15(2)9-23(30)29-8-7-18-10-22(26-11-19(18)13-29)31-14-21(17(4)28-24)27-20-6-5-16(3)25-12-20/h5-6,10-12,15,27-28H,7-9,13-14,24H2,1-4H3/b21-17-. The number of nitrogens with one attached hydrogen (secondary N) is 2. The summed E-state index contributed by atoms with van der Waals surface area (Å²) in [5.74, 6) is 6.73. The fourth-order valence-electron chi connectivity index (χ4n) is 3.38. The van der Waals surface area contributed by atoms with Gasteiger partial charge in [0, 0.05) is 43.2 Å². The van der Waals surface area contributed by atoms with Gasteiger partial charge in [0.15, 0.2) is 0 Å². The van der Waals surface area contributed by atoms with Crippen LogP contribution in [0.25, 0.3) is 0 Å². The van der Waals surface area contributed by atoms with Gasteiger partial charge in [0.2, 0.25) is 11.8 Å². The van der Waals surface area contributed by atoms with Crippen molar-refractivity contribution in [1.29, 1.82) is 0 Å². The summed E-state index contributed by atoms with van der Waals surface area (Å²) in [6.07, 6.45) is 4.96. The minimum atomic E-state index is 0.206. The number of rotatable bonds is 8. The molecule has 0 spiro atoms. The number of pyridine rings is 2. The van der Waals surface area contributed by atoms with E-state index in [-0.39, 0.29) is 12.5 Å². The second kappa shape index (κ2) is 10.3. The number of nitrogens with two attached hydrogens (primary N) is 1. The normalized spacial score (nSPS) is 14.1. The Labute approximate surface area is 183 Å². The van der Waals surface area contributed by atoms with Gasteiger partial charge in [-0.05, 0) is 49.4 Å². The van der Waals surface area contributed by atoms with Crippen LogP contribution in [0.1, 0.15) is 44.0 Å². The Balaban J connectivity index is 1.64. The van der Waals surface area contributed by atoms with Gasteiger partial charge in [-0.3, -0.25) is 15.6 Å². The zero-order valence-electron chi connectivity index (χ0n) is 18.7. The number of carbonyl (C=O) groups is 1. The predicted octanol–water partition coefficient (Wildman–Crippen LogP) is 2.90. The van der Waals surface area contributed by atoms with E-state index in [4.69, 9.17) is 10.6 Å². The SMILES string of the molecule is C/C(NN)=C(\COc1cc2c(cn1)CN(C(=O)CC(C)C)CC2)Nc1ccc(C)nc1. The molecule has 0 atom stereocenters. The molecule has 0 bridgehead atoms. The first-order chi connectivity index (χ1) is 14.9. The molecule has 166 valence electrons. The number of ether oxygens (including phenoxy) is 1. The van der Waals surface area contributed by atoms with Gasteiger partial charge in [-0.2, -0.15) is 0 Å². The van der Waals surface area contributed by atoms with Crippen LogP contribution in [-0.2, 0) is 17.8 Å². The van der Waals surface area contributed by atoms with Crippen LogP contribution in [0.15, 0.2) is 42.0 Å². The molecule has 3 rings (SSSR count). The van der Waals surface area contributed by atoms with Crippen LogP contribution < -0.4 is 21.3 Å². The number of aryl methyl sites for hydroxylation is 1. The minimum Gasteiger partial charge on any atom is -0.471 e. The zero-order valence-corrected chi connectivity index (χ0v) is 18.7. The molecule has 1 amide bonds. The Morgan fingerprint density at radius 3 is 2.74 bits per heavy atom. The topological polar surface area (TPSA) is 105 Å². The number of allylic oxidation sites excluding steroid dienone is 1. The number of hydrogen-bond donors (Lipinski definition) is 3. The molecule has 2 aromatic rings. The summed E-state index contributed by atoms with van der Waals surface area (Å²) >= 11 is 0. The number of aromatic nitrogens is 2. The van der Waals surface area contributed by atoms with E-state index in [9.17, 15) is 4.79 Å². The Bertz CT molecular complexity index is 940. The van der Waals surface area contributed by atoms with Gasteiger partial charge in [0.05, 0.1) is 17.6 Å². The van der Waals surface area contributed by atoms with Crippen molar-refractivity contribution in [1.82, 2.24) is 20.3 Å². The van der Waals surface area contributed by atoms with Gasteiger partial charge in [-0.1, -0.05) is 13.8 Å². The van der Waals surface area contributed by atoms with E-state index in [0.29, 0.717) is 24.8 Å². The van der Waals surface area contributed by atoms with Crippen LogP contribution in [-0.4, -0.2) is 33.9 Å². The molecule has 0 saturated heterocycles. The van der Waals surface area contributed by atoms with Crippen LogP contribution in [0.2, 0.25) is 0 Å². The molecule has 1 aliphatic heterocycles. The first kappa shape index (κ1) is 22.6. The monoisotopic (exact) mass is 424 g/mol. The fourth-order valence-corrected chi connectivity index (χ4v) is 3.38. The Morgan fingerprint density at radius 2 is 2.06 bits per heavy atom. The van der Waals surface area contributed by atoms with Gasteiger partial charge in [-0.25, -0.2) is 4.98 Å². The molecule has 1 aliphatic rings. The number of amides is 1. The summed E-state index contributed by atoms with van der Waals surface area (Å²) in [4.78, 5) is 23.0. The number of hydrogen-bond acceptors (Lipinski definition) is 7.